The molecule has 0 spiro atoms. The van der Waals surface area contributed by atoms with Crippen molar-refractivity contribution in [2.45, 2.75) is 39.0 Å². The average Bonchev–Trinajstić information content (AvgIpc) is 3.36. The highest BCUT2D eigenvalue weighted by Crippen LogP contribution is 2.31. The fourth-order valence-electron chi connectivity index (χ4n) is 5.08. The number of rotatable bonds is 8. The zero-order valence-electron chi connectivity index (χ0n) is 23.6. The number of anilines is 1. The highest BCUT2D eigenvalue weighted by molar-refractivity contribution is 7.89. The first kappa shape index (κ1) is 28.9. The minimum atomic E-state index is -3.66. The highest BCUT2D eigenvalue weighted by atomic mass is 32.2. The second-order valence-corrected chi connectivity index (χ2v) is 13.6. The van der Waals surface area contributed by atoms with Crippen molar-refractivity contribution in [2.75, 3.05) is 24.7 Å². The lowest BCUT2D eigenvalue weighted by molar-refractivity contribution is 0.0987. The molecule has 41 heavy (non-hydrogen) atoms. The number of carbonyl (C=O) groups is 1. The number of amides is 1. The van der Waals surface area contributed by atoms with Crippen molar-refractivity contribution in [1.82, 2.24) is 9.29 Å². The van der Waals surface area contributed by atoms with Crippen molar-refractivity contribution in [2.24, 2.45) is 16.9 Å². The molecule has 0 bridgehead atoms. The van der Waals surface area contributed by atoms with Crippen molar-refractivity contribution >= 4 is 48.8 Å². The van der Waals surface area contributed by atoms with E-state index in [0.29, 0.717) is 42.2 Å². The quantitative estimate of drug-likeness (QED) is 0.176. The van der Waals surface area contributed by atoms with Crippen LogP contribution in [0.25, 0.3) is 10.2 Å². The number of nitrogens with zero attached hydrogens (tertiary/aromatic N) is 4. The Morgan fingerprint density at radius 2 is 1.76 bits per heavy atom. The first-order chi connectivity index (χ1) is 19.6. The molecule has 1 aliphatic rings. The summed E-state index contributed by atoms with van der Waals surface area (Å²) >= 11 is 1.37. The van der Waals surface area contributed by atoms with Gasteiger partial charge in [0.05, 0.1) is 27.9 Å². The van der Waals surface area contributed by atoms with E-state index in [1.165, 1.54) is 28.5 Å². The van der Waals surface area contributed by atoms with Gasteiger partial charge < -0.3 is 4.74 Å². The van der Waals surface area contributed by atoms with Crippen LogP contribution in [0.5, 0.6) is 5.75 Å². The van der Waals surface area contributed by atoms with E-state index in [1.807, 2.05) is 56.3 Å². The second kappa shape index (κ2) is 12.1. The Balaban J connectivity index is 1.45. The molecular weight excluding hydrogens is 556 g/mol. The third kappa shape index (κ3) is 6.50. The molecule has 1 saturated heterocycles. The molecule has 0 aliphatic carbocycles. The van der Waals surface area contributed by atoms with E-state index >= 15 is 0 Å². The summed E-state index contributed by atoms with van der Waals surface area (Å²) in [6.07, 6.45) is 2.61. The molecule has 3 aromatic carbocycles. The maximum Gasteiger partial charge on any atom is 0.280 e. The number of sulfonamides is 1. The van der Waals surface area contributed by atoms with Crippen LogP contribution in [0.3, 0.4) is 0 Å². The van der Waals surface area contributed by atoms with Gasteiger partial charge in [0.15, 0.2) is 0 Å². The maximum atomic E-state index is 13.8. The molecule has 1 aromatic heterocycles. The smallest absolute Gasteiger partial charge is 0.280 e. The molecule has 214 valence electrons. The van der Waals surface area contributed by atoms with Crippen LogP contribution in [0, 0.1) is 18.8 Å². The molecule has 1 fully saturated rings. The minimum Gasteiger partial charge on any atom is -0.494 e. The first-order valence-corrected chi connectivity index (χ1v) is 16.0. The molecule has 0 N–H and O–H groups in total. The second-order valence-electron chi connectivity index (χ2n) is 10.6. The number of hydrogen-bond donors (Lipinski definition) is 0. The number of ether oxygens (including phenoxy) is 1. The Kier molecular flexibility index (Phi) is 8.53. The zero-order chi connectivity index (χ0) is 29.1. The SMILES string of the molecule is CCOc1ccc(/C=N/N(C(=O)c2ccc(S(=O)(=O)N3CC(C)CC(C)C3)cc2)c2nc3ccc(C)cc3s2)cc1. The van der Waals surface area contributed by atoms with Gasteiger partial charge in [-0.15, -0.1) is 0 Å². The number of thiazole rings is 1. The molecule has 2 atom stereocenters. The van der Waals surface area contributed by atoms with Gasteiger partial charge in [0.2, 0.25) is 15.2 Å². The Labute approximate surface area is 245 Å². The third-order valence-electron chi connectivity index (χ3n) is 6.99. The van der Waals surface area contributed by atoms with Crippen LogP contribution in [0.4, 0.5) is 5.13 Å². The summed E-state index contributed by atoms with van der Waals surface area (Å²) in [7, 11) is -3.66. The number of carbonyl (C=O) groups excluding carboxylic acids is 1. The Hall–Kier alpha value is -3.60. The first-order valence-electron chi connectivity index (χ1n) is 13.7. The normalized spacial score (nSPS) is 18.1. The lowest BCUT2D eigenvalue weighted by atomic mass is 9.94. The molecule has 4 aromatic rings. The molecule has 2 unspecified atom stereocenters. The van der Waals surface area contributed by atoms with Crippen molar-refractivity contribution in [1.29, 1.82) is 0 Å². The van der Waals surface area contributed by atoms with Gasteiger partial charge in [-0.1, -0.05) is 31.3 Å². The van der Waals surface area contributed by atoms with E-state index < -0.39 is 15.9 Å². The fourth-order valence-corrected chi connectivity index (χ4v) is 7.78. The van der Waals surface area contributed by atoms with Gasteiger partial charge in [-0.2, -0.15) is 14.4 Å². The highest BCUT2D eigenvalue weighted by Gasteiger charge is 2.32. The summed E-state index contributed by atoms with van der Waals surface area (Å²) in [5.74, 6) is 0.942. The van der Waals surface area contributed by atoms with Gasteiger partial charge in [-0.25, -0.2) is 13.4 Å². The van der Waals surface area contributed by atoms with Crippen molar-refractivity contribution in [3.8, 4) is 5.75 Å². The van der Waals surface area contributed by atoms with Crippen LogP contribution in [-0.4, -0.2) is 49.5 Å². The molecule has 8 nitrogen and oxygen atoms in total. The van der Waals surface area contributed by atoms with Crippen molar-refractivity contribution in [3.05, 3.63) is 83.4 Å². The molecule has 1 aliphatic heterocycles. The van der Waals surface area contributed by atoms with Gasteiger partial charge in [-0.05, 0) is 104 Å². The molecule has 0 saturated carbocycles. The van der Waals surface area contributed by atoms with E-state index in [0.717, 1.165) is 33.5 Å². The van der Waals surface area contributed by atoms with Crippen LogP contribution in [0.15, 0.2) is 76.7 Å². The Morgan fingerprint density at radius 3 is 2.41 bits per heavy atom. The number of aryl methyl sites for hydroxylation is 1. The van der Waals surface area contributed by atoms with Gasteiger partial charge in [0, 0.05) is 18.7 Å². The summed E-state index contributed by atoms with van der Waals surface area (Å²) in [6, 6.07) is 19.4. The van der Waals surface area contributed by atoms with Crippen LogP contribution in [-0.2, 0) is 10.0 Å². The zero-order valence-corrected chi connectivity index (χ0v) is 25.3. The third-order valence-corrected chi connectivity index (χ3v) is 9.83. The van der Waals surface area contributed by atoms with Gasteiger partial charge in [0.25, 0.3) is 5.91 Å². The van der Waals surface area contributed by atoms with Crippen molar-refractivity contribution < 1.29 is 17.9 Å². The van der Waals surface area contributed by atoms with Gasteiger partial charge in [-0.3, -0.25) is 4.79 Å². The Bertz CT molecular complexity index is 1650. The molecule has 10 heteroatoms. The lowest BCUT2D eigenvalue weighted by Gasteiger charge is -2.34. The number of benzene rings is 3. The van der Waals surface area contributed by atoms with Crippen LogP contribution in [0.2, 0.25) is 0 Å². The van der Waals surface area contributed by atoms with E-state index in [-0.39, 0.29) is 4.90 Å². The van der Waals surface area contributed by atoms with E-state index in [1.54, 1.807) is 22.7 Å². The number of aromatic nitrogens is 1. The largest absolute Gasteiger partial charge is 0.494 e. The standard InChI is InChI=1S/C31H34N4O4S2/c1-5-39-26-11-7-24(8-12-26)18-32-35(31-33-28-15-6-21(2)17-29(28)40-31)30(36)25-9-13-27(14-10-25)41(37,38)34-19-22(3)16-23(4)20-34/h6-15,17-18,22-23H,5,16,19-20H2,1-4H3/b32-18+. The summed E-state index contributed by atoms with van der Waals surface area (Å²) in [5.41, 5.74) is 2.96. The summed E-state index contributed by atoms with van der Waals surface area (Å²) in [6.45, 7) is 9.65. The Morgan fingerprint density at radius 1 is 1.07 bits per heavy atom. The predicted octanol–water partition coefficient (Wildman–Crippen LogP) is 6.35. The average molecular weight is 591 g/mol. The lowest BCUT2D eigenvalue weighted by Crippen LogP contribution is -2.42. The van der Waals surface area contributed by atoms with Crippen LogP contribution in [0.1, 0.15) is 48.7 Å². The summed E-state index contributed by atoms with van der Waals surface area (Å²) in [5, 5.41) is 6.23. The molecule has 1 amide bonds. The monoisotopic (exact) mass is 590 g/mol. The predicted molar refractivity (Wildman–Crippen MR) is 165 cm³/mol. The topological polar surface area (TPSA) is 92.2 Å². The van der Waals surface area contributed by atoms with E-state index in [2.05, 4.69) is 23.9 Å². The number of fused-ring (bicyclic) bond motifs is 1. The maximum absolute atomic E-state index is 13.8. The summed E-state index contributed by atoms with van der Waals surface area (Å²) in [4.78, 5) is 18.6. The van der Waals surface area contributed by atoms with E-state index in [9.17, 15) is 13.2 Å². The van der Waals surface area contributed by atoms with Crippen molar-refractivity contribution in [3.63, 3.8) is 0 Å². The number of hydrazone groups is 1. The minimum absolute atomic E-state index is 0.176. The van der Waals surface area contributed by atoms with Gasteiger partial charge in [0.1, 0.15) is 5.75 Å². The fraction of sp³-hybridized carbons (Fsp3) is 0.323. The molecule has 2 heterocycles. The van der Waals surface area contributed by atoms with E-state index in [4.69, 9.17) is 4.74 Å². The van der Waals surface area contributed by atoms with Gasteiger partial charge >= 0.3 is 0 Å². The molecule has 5 rings (SSSR count). The van der Waals surface area contributed by atoms with Crippen LogP contribution >= 0.6 is 11.3 Å². The molecular formula is C31H34N4O4S2. The number of hydrogen-bond acceptors (Lipinski definition) is 7. The molecule has 0 radical (unpaired) electrons. The number of piperidine rings is 1. The summed E-state index contributed by atoms with van der Waals surface area (Å²) < 4.78 is 34.7. The van der Waals surface area contributed by atoms with Crippen LogP contribution < -0.4 is 9.75 Å².